The Bertz CT molecular complexity index is 878. The van der Waals surface area contributed by atoms with Gasteiger partial charge in [0.05, 0.1) is 16.0 Å². The lowest BCUT2D eigenvalue weighted by atomic mass is 9.78. The van der Waals surface area contributed by atoms with Crippen LogP contribution in [0.4, 0.5) is 19.0 Å². The van der Waals surface area contributed by atoms with E-state index in [1.165, 1.54) is 0 Å². The van der Waals surface area contributed by atoms with E-state index in [1.54, 1.807) is 0 Å². The molecule has 1 aliphatic carbocycles. The molecule has 2 saturated heterocycles. The van der Waals surface area contributed by atoms with E-state index in [0.29, 0.717) is 31.4 Å². The van der Waals surface area contributed by atoms with Crippen molar-refractivity contribution in [1.29, 1.82) is 0 Å². The number of halogens is 4. The number of anilines is 1. The first-order valence-electron chi connectivity index (χ1n) is 10.9. The number of pyridine rings is 1. The molecule has 9 heteroatoms. The van der Waals surface area contributed by atoms with Gasteiger partial charge in [-0.15, -0.1) is 0 Å². The molecule has 0 aromatic carbocycles. The van der Waals surface area contributed by atoms with Gasteiger partial charge in [0.15, 0.2) is 0 Å². The van der Waals surface area contributed by atoms with Crippen molar-refractivity contribution in [3.8, 4) is 0 Å². The van der Waals surface area contributed by atoms with E-state index in [0.717, 1.165) is 63.8 Å². The highest BCUT2D eigenvalue weighted by Crippen LogP contribution is 2.44. The molecular formula is C22H26ClF3N4O. The molecule has 0 bridgehead atoms. The fourth-order valence-electron chi connectivity index (χ4n) is 5.47. The highest BCUT2D eigenvalue weighted by atomic mass is 35.5. The predicted molar refractivity (Wildman–Crippen MR) is 112 cm³/mol. The van der Waals surface area contributed by atoms with Crippen molar-refractivity contribution in [1.82, 2.24) is 9.88 Å². The minimum atomic E-state index is -4.49. The van der Waals surface area contributed by atoms with Gasteiger partial charge in [-0.3, -0.25) is 4.79 Å². The Labute approximate surface area is 185 Å². The predicted octanol–water partition coefficient (Wildman–Crippen LogP) is 5.05. The van der Waals surface area contributed by atoms with Gasteiger partial charge in [-0.1, -0.05) is 11.6 Å². The number of hydrogen-bond acceptors (Lipinski definition) is 3. The summed E-state index contributed by atoms with van der Waals surface area (Å²) in [6.45, 7) is 9.40. The molecule has 1 saturated carbocycles. The van der Waals surface area contributed by atoms with Crippen LogP contribution < -0.4 is 4.90 Å². The topological polar surface area (TPSA) is 40.8 Å². The van der Waals surface area contributed by atoms with E-state index >= 15 is 0 Å². The minimum Gasteiger partial charge on any atom is -0.354 e. The van der Waals surface area contributed by atoms with Crippen molar-refractivity contribution in [3.05, 3.63) is 34.3 Å². The molecule has 1 spiro atoms. The third-order valence-corrected chi connectivity index (χ3v) is 7.46. The number of nitrogens with zero attached hydrogens (tertiary/aromatic N) is 4. The SMILES string of the molecule is [C-]#[N+]CC1CCC(N2CCC3(CCCN(c4ncc(C(F)(F)F)cc4Cl)C3)C2=O)CC1. The van der Waals surface area contributed by atoms with Gasteiger partial charge >= 0.3 is 6.18 Å². The maximum Gasteiger partial charge on any atom is 0.417 e. The molecule has 31 heavy (non-hydrogen) atoms. The average Bonchev–Trinajstić information content (AvgIpc) is 3.04. The van der Waals surface area contributed by atoms with Crippen molar-refractivity contribution < 1.29 is 18.0 Å². The van der Waals surface area contributed by atoms with Crippen LogP contribution >= 0.6 is 11.6 Å². The molecule has 0 radical (unpaired) electrons. The summed E-state index contributed by atoms with van der Waals surface area (Å²) < 4.78 is 38.8. The van der Waals surface area contributed by atoms with Gasteiger partial charge in [0.25, 0.3) is 0 Å². The summed E-state index contributed by atoms with van der Waals surface area (Å²) in [5.74, 6) is 0.923. The van der Waals surface area contributed by atoms with Crippen LogP contribution in [0.5, 0.6) is 0 Å². The molecule has 1 unspecified atom stereocenters. The van der Waals surface area contributed by atoms with Crippen molar-refractivity contribution in [2.24, 2.45) is 11.3 Å². The number of hydrogen-bond donors (Lipinski definition) is 0. The summed E-state index contributed by atoms with van der Waals surface area (Å²) in [6, 6.07) is 1.15. The smallest absolute Gasteiger partial charge is 0.354 e. The summed E-state index contributed by atoms with van der Waals surface area (Å²) in [6.07, 6.45) is 2.49. The van der Waals surface area contributed by atoms with Gasteiger partial charge in [0.1, 0.15) is 5.82 Å². The highest BCUT2D eigenvalue weighted by Gasteiger charge is 2.51. The van der Waals surface area contributed by atoms with E-state index in [9.17, 15) is 18.0 Å². The lowest BCUT2D eigenvalue weighted by molar-refractivity contribution is -0.139. The lowest BCUT2D eigenvalue weighted by Gasteiger charge is -2.41. The Hall–Kier alpha value is -2.01. The second-order valence-electron chi connectivity index (χ2n) is 9.10. The quantitative estimate of drug-likeness (QED) is 0.600. The Balaban J connectivity index is 1.46. The largest absolute Gasteiger partial charge is 0.417 e. The van der Waals surface area contributed by atoms with Crippen LogP contribution in [0.15, 0.2) is 12.3 Å². The van der Waals surface area contributed by atoms with Crippen molar-refractivity contribution in [2.45, 2.75) is 57.2 Å². The number of likely N-dealkylation sites (tertiary alicyclic amines) is 1. The van der Waals surface area contributed by atoms with Gasteiger partial charge in [-0.2, -0.15) is 13.2 Å². The molecule has 5 nitrogen and oxygen atoms in total. The summed E-state index contributed by atoms with van der Waals surface area (Å²) in [4.78, 5) is 24.9. The van der Waals surface area contributed by atoms with Crippen LogP contribution in [0.3, 0.4) is 0 Å². The third-order valence-electron chi connectivity index (χ3n) is 7.18. The van der Waals surface area contributed by atoms with E-state index in [4.69, 9.17) is 18.2 Å². The molecule has 3 aliphatic rings. The summed E-state index contributed by atoms with van der Waals surface area (Å²) in [5, 5.41) is -0.0349. The molecule has 4 rings (SSSR count). The van der Waals surface area contributed by atoms with Gasteiger partial charge in [0, 0.05) is 37.8 Å². The maximum atomic E-state index is 13.5. The molecule has 3 fully saturated rings. The number of carbonyl (C=O) groups excluding carboxylic acids is 1. The first-order valence-corrected chi connectivity index (χ1v) is 11.2. The molecule has 1 aromatic rings. The normalized spacial score (nSPS) is 29.5. The summed E-state index contributed by atoms with van der Waals surface area (Å²) in [5.41, 5.74) is -1.39. The van der Waals surface area contributed by atoms with Crippen LogP contribution in [0.1, 0.15) is 50.5 Å². The summed E-state index contributed by atoms with van der Waals surface area (Å²) in [7, 11) is 0. The lowest BCUT2D eigenvalue weighted by Crippen LogP contribution is -2.50. The first-order chi connectivity index (χ1) is 14.7. The number of alkyl halides is 3. The number of rotatable bonds is 3. The van der Waals surface area contributed by atoms with Crippen LogP contribution in [-0.4, -0.2) is 48.0 Å². The fourth-order valence-corrected chi connectivity index (χ4v) is 5.76. The van der Waals surface area contributed by atoms with Gasteiger partial charge < -0.3 is 14.6 Å². The van der Waals surface area contributed by atoms with Crippen molar-refractivity contribution >= 4 is 23.3 Å². The zero-order chi connectivity index (χ0) is 22.2. The zero-order valence-electron chi connectivity index (χ0n) is 17.3. The van der Waals surface area contributed by atoms with Crippen molar-refractivity contribution in [3.63, 3.8) is 0 Å². The molecule has 0 N–H and O–H groups in total. The van der Waals surface area contributed by atoms with Gasteiger partial charge in [0.2, 0.25) is 12.5 Å². The zero-order valence-corrected chi connectivity index (χ0v) is 18.1. The van der Waals surface area contributed by atoms with Crippen LogP contribution in [0.25, 0.3) is 4.85 Å². The molecular weight excluding hydrogens is 429 g/mol. The molecule has 1 aromatic heterocycles. The first kappa shape index (κ1) is 22.2. The fraction of sp³-hybridized carbons (Fsp3) is 0.682. The van der Waals surface area contributed by atoms with E-state index < -0.39 is 17.2 Å². The molecule has 1 amide bonds. The van der Waals surface area contributed by atoms with E-state index in [-0.39, 0.29) is 17.0 Å². The number of piperidine rings is 1. The monoisotopic (exact) mass is 454 g/mol. The second-order valence-corrected chi connectivity index (χ2v) is 9.50. The minimum absolute atomic E-state index is 0.0349. The van der Waals surface area contributed by atoms with Crippen LogP contribution in [-0.2, 0) is 11.0 Å². The van der Waals surface area contributed by atoms with Crippen LogP contribution in [0, 0.1) is 17.9 Å². The molecule has 2 aliphatic heterocycles. The Morgan fingerprint density at radius 1 is 1.23 bits per heavy atom. The van der Waals surface area contributed by atoms with E-state index in [1.807, 2.05) is 9.80 Å². The van der Waals surface area contributed by atoms with E-state index in [2.05, 4.69) is 9.83 Å². The standard InChI is InChI=1S/C22H26ClF3N4O/c1-27-12-15-3-5-17(6-4-15)30-10-8-21(20(30)31)7-2-9-29(14-21)19-18(23)11-16(13-28-19)22(24,25)26/h11,13,15,17H,2-10,12,14H2. The highest BCUT2D eigenvalue weighted by molar-refractivity contribution is 6.33. The Morgan fingerprint density at radius 2 is 1.97 bits per heavy atom. The third kappa shape index (κ3) is 4.34. The average molecular weight is 455 g/mol. The molecule has 1 atom stereocenters. The Kier molecular flexibility index (Phi) is 6.08. The van der Waals surface area contributed by atoms with Gasteiger partial charge in [-0.05, 0) is 51.0 Å². The Morgan fingerprint density at radius 3 is 2.61 bits per heavy atom. The number of amides is 1. The number of carbonyl (C=O) groups is 1. The maximum absolute atomic E-state index is 13.5. The second kappa shape index (κ2) is 8.50. The van der Waals surface area contributed by atoms with Crippen LogP contribution in [0.2, 0.25) is 5.02 Å². The molecule has 3 heterocycles. The summed E-state index contributed by atoms with van der Waals surface area (Å²) >= 11 is 6.17. The van der Waals surface area contributed by atoms with Crippen molar-refractivity contribution in [2.75, 3.05) is 31.1 Å². The number of aromatic nitrogens is 1. The van der Waals surface area contributed by atoms with Gasteiger partial charge in [-0.25, -0.2) is 11.6 Å². The molecule has 168 valence electrons.